The first-order valence-corrected chi connectivity index (χ1v) is 15.8. The third-order valence-electron chi connectivity index (χ3n) is 7.93. The molecular formula is C26H39F5N3OSi+. The highest BCUT2D eigenvalue weighted by atomic mass is 28.4. The Hall–Kier alpha value is -1.81. The van der Waals surface area contributed by atoms with Crippen molar-refractivity contribution < 1.29 is 30.9 Å². The first kappa shape index (κ1) is 28.8. The number of nitrogens with zero attached hydrogens (tertiary/aromatic N) is 3. The second kappa shape index (κ2) is 10.5. The first-order valence-electron chi connectivity index (χ1n) is 12.9. The van der Waals surface area contributed by atoms with Gasteiger partial charge < -0.3 is 4.43 Å². The predicted molar refractivity (Wildman–Crippen MR) is 131 cm³/mol. The highest BCUT2D eigenvalue weighted by Gasteiger charge is 2.52. The normalized spacial score (nSPS) is 16.6. The minimum atomic E-state index is -2.23. The molecule has 1 aliphatic heterocycles. The van der Waals surface area contributed by atoms with Gasteiger partial charge in [-0.2, -0.15) is 8.78 Å². The lowest BCUT2D eigenvalue weighted by atomic mass is 9.83. The summed E-state index contributed by atoms with van der Waals surface area (Å²) in [5.41, 5.74) is -1.58. The number of halogens is 5. The summed E-state index contributed by atoms with van der Waals surface area (Å²) in [6.07, 6.45) is 8.16. The van der Waals surface area contributed by atoms with Crippen LogP contribution in [0.15, 0.2) is 6.33 Å². The van der Waals surface area contributed by atoms with Crippen LogP contribution in [0.1, 0.15) is 91.4 Å². The first-order chi connectivity index (χ1) is 16.7. The summed E-state index contributed by atoms with van der Waals surface area (Å²) in [6.45, 7) is 15.3. The molecule has 10 heteroatoms. The number of unbranched alkanes of at least 4 members (excludes halogenated alkanes) is 2. The summed E-state index contributed by atoms with van der Waals surface area (Å²) in [4.78, 5) is 0. The summed E-state index contributed by atoms with van der Waals surface area (Å²) >= 11 is 0. The Kier molecular flexibility index (Phi) is 8.40. The van der Waals surface area contributed by atoms with Crippen molar-refractivity contribution in [1.29, 1.82) is 0 Å². The lowest BCUT2D eigenvalue weighted by Gasteiger charge is -2.48. The molecule has 36 heavy (non-hydrogen) atoms. The summed E-state index contributed by atoms with van der Waals surface area (Å²) in [6, 6.07) is -0.158. The fraction of sp³-hybridized carbons (Fsp3) is 0.692. The van der Waals surface area contributed by atoms with Crippen LogP contribution in [0.3, 0.4) is 0 Å². The highest BCUT2D eigenvalue weighted by Crippen LogP contribution is 2.46. The average molecular weight is 533 g/mol. The van der Waals surface area contributed by atoms with E-state index in [1.54, 1.807) is 0 Å². The Balaban J connectivity index is 2.14. The maximum Gasteiger partial charge on any atom is 0.278 e. The van der Waals surface area contributed by atoms with Gasteiger partial charge in [0.1, 0.15) is 6.04 Å². The molecule has 3 rings (SSSR count). The zero-order chi connectivity index (χ0) is 27.1. The molecule has 0 spiro atoms. The molecule has 1 atom stereocenters. The molecule has 0 saturated carbocycles. The van der Waals surface area contributed by atoms with Gasteiger partial charge in [0, 0.05) is 11.5 Å². The van der Waals surface area contributed by atoms with Crippen molar-refractivity contribution in [3.63, 3.8) is 0 Å². The Morgan fingerprint density at radius 3 is 1.92 bits per heavy atom. The van der Waals surface area contributed by atoms with E-state index in [1.807, 2.05) is 4.57 Å². The second-order valence-corrected chi connectivity index (χ2v) is 16.2. The average Bonchev–Trinajstić information content (AvgIpc) is 3.38. The third kappa shape index (κ3) is 5.12. The minimum absolute atomic E-state index is 0.0254. The fourth-order valence-electron chi connectivity index (χ4n) is 4.89. The molecule has 0 N–H and O–H groups in total. The van der Waals surface area contributed by atoms with Crippen molar-refractivity contribution in [3.05, 3.63) is 41.2 Å². The van der Waals surface area contributed by atoms with Crippen LogP contribution in [-0.2, 0) is 10.8 Å². The van der Waals surface area contributed by atoms with Gasteiger partial charge >= 0.3 is 0 Å². The number of fused-ring (bicyclic) bond motifs is 1. The van der Waals surface area contributed by atoms with E-state index in [-0.39, 0.29) is 11.1 Å². The zero-order valence-corrected chi connectivity index (χ0v) is 23.5. The maximum atomic E-state index is 14.6. The fourth-order valence-corrected chi connectivity index (χ4v) is 6.55. The summed E-state index contributed by atoms with van der Waals surface area (Å²) in [5, 5.41) is 4.24. The van der Waals surface area contributed by atoms with Gasteiger partial charge in [-0.15, -0.1) is 0 Å². The molecule has 0 saturated heterocycles. The van der Waals surface area contributed by atoms with Gasteiger partial charge in [0.05, 0.1) is 5.60 Å². The van der Waals surface area contributed by atoms with E-state index in [4.69, 9.17) is 4.43 Å². The molecule has 0 fully saturated rings. The Bertz CT molecular complexity index is 1060. The van der Waals surface area contributed by atoms with Crippen LogP contribution in [0.2, 0.25) is 18.1 Å². The second-order valence-electron chi connectivity index (χ2n) is 11.5. The summed E-state index contributed by atoms with van der Waals surface area (Å²) < 4.78 is 80.4. The topological polar surface area (TPSA) is 30.9 Å². The van der Waals surface area contributed by atoms with Crippen molar-refractivity contribution in [1.82, 2.24) is 9.78 Å². The van der Waals surface area contributed by atoms with Crippen LogP contribution >= 0.6 is 0 Å². The smallest absolute Gasteiger partial charge is 0.278 e. The van der Waals surface area contributed by atoms with Crippen LogP contribution < -0.4 is 4.57 Å². The molecule has 202 valence electrons. The monoisotopic (exact) mass is 532 g/mol. The van der Waals surface area contributed by atoms with Crippen molar-refractivity contribution in [2.45, 2.75) is 116 Å². The summed E-state index contributed by atoms with van der Waals surface area (Å²) in [7, 11) is -2.23. The molecule has 0 unspecified atom stereocenters. The molecule has 1 aromatic carbocycles. The van der Waals surface area contributed by atoms with Gasteiger partial charge in [0.2, 0.25) is 41.1 Å². The van der Waals surface area contributed by atoms with Gasteiger partial charge in [-0.3, -0.25) is 0 Å². The van der Waals surface area contributed by atoms with Crippen molar-refractivity contribution in [3.8, 4) is 5.69 Å². The molecule has 0 amide bonds. The maximum absolute atomic E-state index is 14.6. The predicted octanol–water partition coefficient (Wildman–Crippen LogP) is 7.48. The van der Waals surface area contributed by atoms with Crippen molar-refractivity contribution in [2.24, 2.45) is 0 Å². The SMILES string of the molecule is CCCCC(CCCC)(O[Si](C)(C)C(C)(C)C)[C@@H]1CCc2nn(-c3c(F)c(F)c(F)c(F)c3F)c[n+]21. The van der Waals surface area contributed by atoms with Gasteiger partial charge in [0.15, 0.2) is 8.32 Å². The van der Waals surface area contributed by atoms with Gasteiger partial charge in [-0.05, 0) is 37.4 Å². The Morgan fingerprint density at radius 1 is 0.944 bits per heavy atom. The van der Waals surface area contributed by atoms with E-state index in [0.717, 1.165) is 49.6 Å². The molecular weight excluding hydrogens is 493 g/mol. The number of aryl methyl sites for hydroxylation is 1. The summed E-state index contributed by atoms with van der Waals surface area (Å²) in [5.74, 6) is -9.40. The number of rotatable bonds is 10. The quantitative estimate of drug-likeness (QED) is 0.104. The van der Waals surface area contributed by atoms with Crippen LogP contribution in [-0.4, -0.2) is 23.7 Å². The third-order valence-corrected chi connectivity index (χ3v) is 12.5. The van der Waals surface area contributed by atoms with E-state index in [2.05, 4.69) is 52.8 Å². The van der Waals surface area contributed by atoms with Crippen molar-refractivity contribution in [2.75, 3.05) is 0 Å². The number of hydrogen-bond donors (Lipinski definition) is 0. The standard InChI is InChI=1S/C26H39F5N3OSi/c1-8-10-14-26(15-11-9-2,35-36(6,7)25(3,4)5)17-12-13-18-32-34(16-33(17)18)24-22(30)20(28)19(27)21(29)23(24)31/h16-17H,8-15H2,1-7H3/q+1/t17-/m0/s1. The van der Waals surface area contributed by atoms with E-state index in [1.165, 1.54) is 6.33 Å². The van der Waals surface area contributed by atoms with E-state index in [9.17, 15) is 22.0 Å². The van der Waals surface area contributed by atoms with Gasteiger partial charge in [-0.1, -0.05) is 65.0 Å². The molecule has 0 bridgehead atoms. The zero-order valence-electron chi connectivity index (χ0n) is 22.5. The minimum Gasteiger partial charge on any atom is -0.408 e. The van der Waals surface area contributed by atoms with E-state index in [0.29, 0.717) is 12.2 Å². The number of aromatic nitrogens is 3. The molecule has 1 aliphatic rings. The molecule has 2 aromatic rings. The van der Waals surface area contributed by atoms with Crippen LogP contribution in [0.4, 0.5) is 22.0 Å². The van der Waals surface area contributed by atoms with E-state index >= 15 is 0 Å². The Morgan fingerprint density at radius 2 is 1.44 bits per heavy atom. The van der Waals surface area contributed by atoms with Crippen molar-refractivity contribution >= 4 is 8.32 Å². The molecule has 1 aromatic heterocycles. The lowest BCUT2D eigenvalue weighted by Crippen LogP contribution is -2.58. The molecule has 0 aliphatic carbocycles. The van der Waals surface area contributed by atoms with Gasteiger partial charge in [0.25, 0.3) is 5.82 Å². The Labute approximate surface area is 212 Å². The number of benzene rings is 1. The highest BCUT2D eigenvalue weighted by molar-refractivity contribution is 6.74. The van der Waals surface area contributed by atoms with E-state index < -0.39 is 48.7 Å². The number of hydrogen-bond acceptors (Lipinski definition) is 2. The molecule has 2 heterocycles. The largest absolute Gasteiger partial charge is 0.408 e. The molecule has 0 radical (unpaired) electrons. The lowest BCUT2D eigenvalue weighted by molar-refractivity contribution is -0.731. The van der Waals surface area contributed by atoms with Crippen LogP contribution in [0.25, 0.3) is 5.69 Å². The van der Waals surface area contributed by atoms with Gasteiger partial charge in [-0.25, -0.2) is 17.7 Å². The van der Waals surface area contributed by atoms with Crippen LogP contribution in [0, 0.1) is 29.1 Å². The molecule has 4 nitrogen and oxygen atoms in total. The van der Waals surface area contributed by atoms with Crippen LogP contribution in [0.5, 0.6) is 0 Å².